The Morgan fingerprint density at radius 1 is 1.44 bits per heavy atom. The smallest absolute Gasteiger partial charge is 0.0670 e. The Morgan fingerprint density at radius 3 is 2.69 bits per heavy atom. The molecule has 86 valence electrons. The van der Waals surface area contributed by atoms with Crippen molar-refractivity contribution in [3.8, 4) is 6.07 Å². The molecule has 1 aromatic carbocycles. The van der Waals surface area contributed by atoms with Crippen LogP contribution in [-0.2, 0) is 6.42 Å². The summed E-state index contributed by atoms with van der Waals surface area (Å²) in [7, 11) is 0. The van der Waals surface area contributed by atoms with E-state index < -0.39 is 0 Å². The van der Waals surface area contributed by atoms with Crippen LogP contribution in [0.2, 0.25) is 0 Å². The van der Waals surface area contributed by atoms with Crippen LogP contribution >= 0.6 is 0 Å². The first-order valence-electron chi connectivity index (χ1n) is 5.52. The van der Waals surface area contributed by atoms with Crippen LogP contribution in [0.3, 0.4) is 0 Å². The second kappa shape index (κ2) is 4.89. The van der Waals surface area contributed by atoms with Crippen molar-refractivity contribution in [1.82, 2.24) is 0 Å². The Labute approximate surface area is 97.3 Å². The standard InChI is InChI=1S/C13H19N3/c1-4-13(2,3)16-11-5-6-12(15)10(9-11)7-8-14/h5-6,9,16H,4,7,15H2,1-3H3. The summed E-state index contributed by atoms with van der Waals surface area (Å²) >= 11 is 0. The van der Waals surface area contributed by atoms with Gasteiger partial charge in [0.15, 0.2) is 0 Å². The molecule has 3 N–H and O–H groups in total. The summed E-state index contributed by atoms with van der Waals surface area (Å²) < 4.78 is 0. The fraction of sp³-hybridized carbons (Fsp3) is 0.462. The number of nitrogen functional groups attached to an aromatic ring is 1. The normalized spacial score (nSPS) is 10.9. The molecule has 1 aromatic rings. The number of rotatable bonds is 4. The second-order valence-corrected chi connectivity index (χ2v) is 4.61. The Bertz CT molecular complexity index is 402. The van der Waals surface area contributed by atoms with Crippen molar-refractivity contribution in [2.24, 2.45) is 0 Å². The van der Waals surface area contributed by atoms with Crippen LogP contribution in [0.4, 0.5) is 11.4 Å². The van der Waals surface area contributed by atoms with Gasteiger partial charge in [-0.25, -0.2) is 0 Å². The molecule has 3 heteroatoms. The average Bonchev–Trinajstić information content (AvgIpc) is 2.23. The predicted molar refractivity (Wildman–Crippen MR) is 68.2 cm³/mol. The first-order valence-corrected chi connectivity index (χ1v) is 5.52. The fourth-order valence-corrected chi connectivity index (χ4v) is 1.40. The third-order valence-corrected chi connectivity index (χ3v) is 2.78. The van der Waals surface area contributed by atoms with E-state index in [0.717, 1.165) is 17.7 Å². The van der Waals surface area contributed by atoms with E-state index >= 15 is 0 Å². The van der Waals surface area contributed by atoms with Gasteiger partial charge in [0, 0.05) is 16.9 Å². The maximum Gasteiger partial charge on any atom is 0.0670 e. The van der Waals surface area contributed by atoms with E-state index in [9.17, 15) is 0 Å². The Kier molecular flexibility index (Phi) is 3.78. The van der Waals surface area contributed by atoms with Crippen LogP contribution < -0.4 is 11.1 Å². The molecule has 0 aliphatic rings. The van der Waals surface area contributed by atoms with Gasteiger partial charge in [0.05, 0.1) is 12.5 Å². The van der Waals surface area contributed by atoms with Gasteiger partial charge < -0.3 is 11.1 Å². The van der Waals surface area contributed by atoms with Gasteiger partial charge in [0.2, 0.25) is 0 Å². The zero-order chi connectivity index (χ0) is 12.2. The van der Waals surface area contributed by atoms with E-state index in [-0.39, 0.29) is 5.54 Å². The maximum absolute atomic E-state index is 8.69. The monoisotopic (exact) mass is 217 g/mol. The van der Waals surface area contributed by atoms with Crippen LogP contribution in [0, 0.1) is 11.3 Å². The Morgan fingerprint density at radius 2 is 2.12 bits per heavy atom. The zero-order valence-corrected chi connectivity index (χ0v) is 10.2. The van der Waals surface area contributed by atoms with Crippen LogP contribution in [0.15, 0.2) is 18.2 Å². The summed E-state index contributed by atoms with van der Waals surface area (Å²) in [6.07, 6.45) is 1.39. The van der Waals surface area contributed by atoms with Crippen molar-refractivity contribution in [3.63, 3.8) is 0 Å². The van der Waals surface area contributed by atoms with Gasteiger partial charge in [0.25, 0.3) is 0 Å². The number of nitrogens with zero attached hydrogens (tertiary/aromatic N) is 1. The molecule has 0 atom stereocenters. The largest absolute Gasteiger partial charge is 0.398 e. The molecule has 0 saturated heterocycles. The highest BCUT2D eigenvalue weighted by Crippen LogP contribution is 2.22. The molecule has 0 radical (unpaired) electrons. The molecule has 0 aromatic heterocycles. The van der Waals surface area contributed by atoms with Crippen molar-refractivity contribution < 1.29 is 0 Å². The maximum atomic E-state index is 8.69. The highest BCUT2D eigenvalue weighted by atomic mass is 15.0. The number of benzene rings is 1. The number of nitriles is 1. The van der Waals surface area contributed by atoms with E-state index in [2.05, 4.69) is 32.2 Å². The summed E-state index contributed by atoms with van der Waals surface area (Å²) in [5.41, 5.74) is 8.44. The first-order chi connectivity index (χ1) is 7.48. The lowest BCUT2D eigenvalue weighted by Gasteiger charge is -2.26. The molecule has 0 amide bonds. The SMILES string of the molecule is CCC(C)(C)Nc1ccc(N)c(CC#N)c1. The summed E-state index contributed by atoms with van der Waals surface area (Å²) in [5.74, 6) is 0. The molecule has 0 aliphatic heterocycles. The van der Waals surface area contributed by atoms with E-state index in [0.29, 0.717) is 12.1 Å². The minimum atomic E-state index is 0.0556. The second-order valence-electron chi connectivity index (χ2n) is 4.61. The molecule has 0 unspecified atom stereocenters. The lowest BCUT2D eigenvalue weighted by atomic mass is 10.0. The van der Waals surface area contributed by atoms with Crippen molar-refractivity contribution in [3.05, 3.63) is 23.8 Å². The van der Waals surface area contributed by atoms with Crippen LogP contribution in [0.1, 0.15) is 32.8 Å². The average molecular weight is 217 g/mol. The third kappa shape index (κ3) is 3.16. The van der Waals surface area contributed by atoms with Crippen LogP contribution in [0.25, 0.3) is 0 Å². The van der Waals surface area contributed by atoms with Gasteiger partial charge >= 0.3 is 0 Å². The molecule has 0 fully saturated rings. The van der Waals surface area contributed by atoms with Gasteiger partial charge in [-0.05, 0) is 44.0 Å². The predicted octanol–water partition coefficient (Wildman–Crippen LogP) is 2.94. The molecular weight excluding hydrogens is 198 g/mol. The quantitative estimate of drug-likeness (QED) is 0.762. The van der Waals surface area contributed by atoms with Crippen LogP contribution in [-0.4, -0.2) is 5.54 Å². The van der Waals surface area contributed by atoms with Crippen molar-refractivity contribution in [2.45, 2.75) is 39.2 Å². The van der Waals surface area contributed by atoms with E-state index in [1.807, 2.05) is 18.2 Å². The van der Waals surface area contributed by atoms with Gasteiger partial charge in [-0.1, -0.05) is 6.92 Å². The van der Waals surface area contributed by atoms with E-state index in [4.69, 9.17) is 11.0 Å². The van der Waals surface area contributed by atoms with Gasteiger partial charge in [-0.3, -0.25) is 0 Å². The van der Waals surface area contributed by atoms with E-state index in [1.165, 1.54) is 0 Å². The lowest BCUT2D eigenvalue weighted by Crippen LogP contribution is -2.29. The lowest BCUT2D eigenvalue weighted by molar-refractivity contribution is 0.547. The molecular formula is C13H19N3. The summed E-state index contributed by atoms with van der Waals surface area (Å²) in [6, 6.07) is 7.88. The van der Waals surface area contributed by atoms with Crippen molar-refractivity contribution >= 4 is 11.4 Å². The molecule has 3 nitrogen and oxygen atoms in total. The first kappa shape index (κ1) is 12.4. The highest BCUT2D eigenvalue weighted by molar-refractivity contribution is 5.58. The molecule has 16 heavy (non-hydrogen) atoms. The van der Waals surface area contributed by atoms with Crippen molar-refractivity contribution in [2.75, 3.05) is 11.1 Å². The number of nitrogens with two attached hydrogens (primary N) is 1. The minimum absolute atomic E-state index is 0.0556. The van der Waals surface area contributed by atoms with E-state index in [1.54, 1.807) is 0 Å². The highest BCUT2D eigenvalue weighted by Gasteiger charge is 2.14. The molecule has 1 rings (SSSR count). The molecule has 0 spiro atoms. The summed E-state index contributed by atoms with van der Waals surface area (Å²) in [6.45, 7) is 6.43. The van der Waals surface area contributed by atoms with Crippen molar-refractivity contribution in [1.29, 1.82) is 5.26 Å². The number of hydrogen-bond donors (Lipinski definition) is 2. The fourth-order valence-electron chi connectivity index (χ4n) is 1.40. The van der Waals surface area contributed by atoms with Crippen LogP contribution in [0.5, 0.6) is 0 Å². The molecule has 0 heterocycles. The molecule has 0 bridgehead atoms. The summed E-state index contributed by atoms with van der Waals surface area (Å²) in [4.78, 5) is 0. The minimum Gasteiger partial charge on any atom is -0.398 e. The molecule has 0 saturated carbocycles. The number of nitrogens with one attached hydrogen (secondary N) is 1. The zero-order valence-electron chi connectivity index (χ0n) is 10.2. The Balaban J connectivity index is 2.91. The molecule has 0 aliphatic carbocycles. The third-order valence-electron chi connectivity index (χ3n) is 2.78. The number of hydrogen-bond acceptors (Lipinski definition) is 3. The topological polar surface area (TPSA) is 61.8 Å². The number of anilines is 2. The van der Waals surface area contributed by atoms with Gasteiger partial charge in [-0.2, -0.15) is 5.26 Å². The van der Waals surface area contributed by atoms with Gasteiger partial charge in [0.1, 0.15) is 0 Å². The van der Waals surface area contributed by atoms with Gasteiger partial charge in [-0.15, -0.1) is 0 Å². The Hall–Kier alpha value is -1.69. The summed E-state index contributed by atoms with van der Waals surface area (Å²) in [5, 5.41) is 12.1.